The second-order valence-corrected chi connectivity index (χ2v) is 12.9. The molecule has 1 aliphatic rings. The summed E-state index contributed by atoms with van der Waals surface area (Å²) in [6, 6.07) is 22.8. The predicted octanol–water partition coefficient (Wildman–Crippen LogP) is 8.36. The summed E-state index contributed by atoms with van der Waals surface area (Å²) in [5, 5.41) is 19.2. The van der Waals surface area contributed by atoms with Crippen molar-refractivity contribution in [2.24, 2.45) is 0 Å². The molecular formula is C36H31ClN4O6. The van der Waals surface area contributed by atoms with Gasteiger partial charge in [-0.25, -0.2) is 4.79 Å². The number of nitrogens with one attached hydrogen (secondary N) is 3. The van der Waals surface area contributed by atoms with E-state index in [0.717, 1.165) is 27.2 Å². The van der Waals surface area contributed by atoms with Gasteiger partial charge in [0, 0.05) is 57.5 Å². The van der Waals surface area contributed by atoms with Crippen molar-refractivity contribution < 1.29 is 28.6 Å². The first-order valence-corrected chi connectivity index (χ1v) is 15.6. The minimum atomic E-state index is -0.635. The number of H-pyrrole nitrogens is 1. The molecule has 1 atom stereocenters. The van der Waals surface area contributed by atoms with Gasteiger partial charge in [-0.1, -0.05) is 24.3 Å². The highest BCUT2D eigenvalue weighted by molar-refractivity contribution is 6.19. The minimum Gasteiger partial charge on any atom is -0.507 e. The number of fused-ring (bicyclic) bond motifs is 5. The fourth-order valence-corrected chi connectivity index (χ4v) is 6.32. The van der Waals surface area contributed by atoms with Crippen molar-refractivity contribution >= 4 is 79.2 Å². The van der Waals surface area contributed by atoms with Crippen LogP contribution in [0.25, 0.3) is 32.6 Å². The fraction of sp³-hybridized carbons (Fsp3) is 0.194. The maximum Gasteiger partial charge on any atom is 0.412 e. The second-order valence-electron chi connectivity index (χ2n) is 12.6. The quantitative estimate of drug-likeness (QED) is 0.138. The number of hydrogen-bond acceptors (Lipinski definition) is 6. The third-order valence-electron chi connectivity index (χ3n) is 8.07. The van der Waals surface area contributed by atoms with E-state index in [1.807, 2.05) is 24.3 Å². The molecule has 0 saturated heterocycles. The summed E-state index contributed by atoms with van der Waals surface area (Å²) in [6.07, 6.45) is -0.582. The Morgan fingerprint density at radius 1 is 0.957 bits per heavy atom. The van der Waals surface area contributed by atoms with Gasteiger partial charge in [0.1, 0.15) is 22.6 Å². The summed E-state index contributed by atoms with van der Waals surface area (Å²) < 4.78 is 11.1. The summed E-state index contributed by atoms with van der Waals surface area (Å²) in [5.41, 5.74) is 3.54. The summed E-state index contributed by atoms with van der Waals surface area (Å²) >= 11 is 6.36. The van der Waals surface area contributed by atoms with Gasteiger partial charge in [-0.3, -0.25) is 14.9 Å². The number of phenols is 1. The van der Waals surface area contributed by atoms with E-state index >= 15 is 0 Å². The largest absolute Gasteiger partial charge is 0.507 e. The molecular weight excluding hydrogens is 620 g/mol. The second kappa shape index (κ2) is 11.4. The Morgan fingerprint density at radius 3 is 2.45 bits per heavy atom. The molecule has 7 rings (SSSR count). The molecule has 47 heavy (non-hydrogen) atoms. The first-order chi connectivity index (χ1) is 22.5. The van der Waals surface area contributed by atoms with Gasteiger partial charge >= 0.3 is 6.09 Å². The number of phenolic OH excluding ortho intramolecular Hbond substituents is 1. The van der Waals surface area contributed by atoms with Crippen molar-refractivity contribution in [2.45, 2.75) is 32.3 Å². The molecule has 3 amide bonds. The van der Waals surface area contributed by atoms with Crippen molar-refractivity contribution in [3.63, 3.8) is 0 Å². The Hall–Kier alpha value is -5.48. The average molecular weight is 651 g/mol. The lowest BCUT2D eigenvalue weighted by Crippen LogP contribution is -2.30. The third kappa shape index (κ3) is 5.72. The number of halogens is 1. The van der Waals surface area contributed by atoms with Crippen molar-refractivity contribution in [1.29, 1.82) is 0 Å². The number of carbonyl (C=O) groups is 3. The lowest BCUT2D eigenvalue weighted by molar-refractivity contribution is 0.0635. The van der Waals surface area contributed by atoms with Crippen LogP contribution in [0.3, 0.4) is 0 Å². The molecule has 10 nitrogen and oxygen atoms in total. The maximum absolute atomic E-state index is 13.8. The molecule has 4 N–H and O–H groups in total. The van der Waals surface area contributed by atoms with Crippen LogP contribution in [0.5, 0.6) is 5.75 Å². The molecule has 0 unspecified atom stereocenters. The number of aromatic hydroxyl groups is 1. The number of aromatic nitrogens is 1. The minimum absolute atomic E-state index is 0.0848. The summed E-state index contributed by atoms with van der Waals surface area (Å²) in [6.45, 7) is 5.73. The van der Waals surface area contributed by atoms with Crippen LogP contribution >= 0.6 is 11.6 Å². The third-order valence-corrected chi connectivity index (χ3v) is 8.44. The van der Waals surface area contributed by atoms with Crippen LogP contribution in [0.15, 0.2) is 83.3 Å². The number of furan rings is 1. The van der Waals surface area contributed by atoms with E-state index in [-0.39, 0.29) is 23.3 Å². The Morgan fingerprint density at radius 2 is 1.68 bits per heavy atom. The lowest BCUT2D eigenvalue weighted by atomic mass is 9.95. The van der Waals surface area contributed by atoms with Crippen LogP contribution in [0.4, 0.5) is 21.9 Å². The number of hydrogen-bond donors (Lipinski definition) is 4. The van der Waals surface area contributed by atoms with E-state index in [9.17, 15) is 19.5 Å². The van der Waals surface area contributed by atoms with Crippen LogP contribution in [-0.4, -0.2) is 46.0 Å². The Kier molecular flexibility index (Phi) is 7.32. The van der Waals surface area contributed by atoms with Gasteiger partial charge in [-0.15, -0.1) is 11.6 Å². The predicted molar refractivity (Wildman–Crippen MR) is 183 cm³/mol. The van der Waals surface area contributed by atoms with Gasteiger partial charge in [-0.2, -0.15) is 0 Å². The smallest absolute Gasteiger partial charge is 0.412 e. The zero-order valence-electron chi connectivity index (χ0n) is 25.8. The topological polar surface area (TPSA) is 137 Å². The van der Waals surface area contributed by atoms with Gasteiger partial charge in [0.05, 0.1) is 5.69 Å². The van der Waals surface area contributed by atoms with Gasteiger partial charge in [-0.05, 0) is 80.3 Å². The number of anilines is 3. The number of nitrogens with zero attached hydrogens (tertiary/aromatic N) is 1. The molecule has 4 aromatic carbocycles. The monoisotopic (exact) mass is 650 g/mol. The lowest BCUT2D eigenvalue weighted by Gasteiger charge is -2.19. The molecule has 1 aliphatic heterocycles. The van der Waals surface area contributed by atoms with Crippen LogP contribution in [-0.2, 0) is 4.74 Å². The van der Waals surface area contributed by atoms with Crippen molar-refractivity contribution in [3.05, 3.63) is 95.9 Å². The highest BCUT2D eigenvalue weighted by Gasteiger charge is 2.35. The first kappa shape index (κ1) is 30.2. The summed E-state index contributed by atoms with van der Waals surface area (Å²) in [5.74, 6) is -0.265. The van der Waals surface area contributed by atoms with E-state index in [2.05, 4.69) is 15.6 Å². The van der Waals surface area contributed by atoms with Crippen molar-refractivity contribution in [3.8, 4) is 5.75 Å². The summed E-state index contributed by atoms with van der Waals surface area (Å²) in [4.78, 5) is 43.9. The van der Waals surface area contributed by atoms with E-state index in [0.29, 0.717) is 46.2 Å². The molecule has 11 heteroatoms. The molecule has 238 valence electrons. The molecule has 0 aliphatic carbocycles. The molecule has 2 aromatic heterocycles. The molecule has 3 heterocycles. The molecule has 0 saturated carbocycles. The number of rotatable bonds is 5. The van der Waals surface area contributed by atoms with E-state index < -0.39 is 17.6 Å². The van der Waals surface area contributed by atoms with E-state index in [1.54, 1.807) is 80.3 Å². The Labute approximate surface area is 274 Å². The SMILES string of the molecule is CC(C)(C)OC(=O)Nc1ccc2oc(C(=O)Nc3ccc4[nH]c(C(=O)N5C[C@@H](CCl)c6c5cc(O)c5ccccc65)cc4c3)cc2c1. The number of aromatic amines is 1. The highest BCUT2D eigenvalue weighted by Crippen LogP contribution is 2.45. The molecule has 6 aromatic rings. The normalized spacial score (nSPS) is 14.5. The fourth-order valence-electron chi connectivity index (χ4n) is 6.06. The Balaban J connectivity index is 1.10. The number of carbonyl (C=O) groups excluding carboxylic acids is 3. The van der Waals surface area contributed by atoms with Gasteiger partial charge in [0.15, 0.2) is 5.76 Å². The number of ether oxygens (including phenoxy) is 1. The highest BCUT2D eigenvalue weighted by atomic mass is 35.5. The van der Waals surface area contributed by atoms with Crippen LogP contribution in [0.1, 0.15) is 53.3 Å². The zero-order valence-corrected chi connectivity index (χ0v) is 26.6. The molecule has 0 radical (unpaired) electrons. The van der Waals surface area contributed by atoms with Crippen LogP contribution in [0, 0.1) is 0 Å². The number of alkyl halides is 1. The molecule has 0 fully saturated rings. The van der Waals surface area contributed by atoms with Gasteiger partial charge in [0.2, 0.25) is 0 Å². The van der Waals surface area contributed by atoms with Crippen molar-refractivity contribution in [2.75, 3.05) is 28.0 Å². The van der Waals surface area contributed by atoms with Gasteiger partial charge in [0.25, 0.3) is 11.8 Å². The Bertz CT molecular complexity index is 2230. The average Bonchev–Trinajstić information content (AvgIpc) is 3.74. The van der Waals surface area contributed by atoms with E-state index in [1.165, 1.54) is 0 Å². The molecule has 0 bridgehead atoms. The molecule has 0 spiro atoms. The van der Waals surface area contributed by atoms with Crippen LogP contribution in [0.2, 0.25) is 0 Å². The first-order valence-electron chi connectivity index (χ1n) is 15.1. The number of amides is 3. The zero-order chi connectivity index (χ0) is 33.0. The number of benzene rings is 4. The summed E-state index contributed by atoms with van der Waals surface area (Å²) in [7, 11) is 0. The van der Waals surface area contributed by atoms with Gasteiger partial charge < -0.3 is 29.5 Å². The van der Waals surface area contributed by atoms with Crippen LogP contribution < -0.4 is 15.5 Å². The van der Waals surface area contributed by atoms with Crippen molar-refractivity contribution in [1.82, 2.24) is 4.98 Å². The standard InChI is InChI=1S/C36H31ClN4O6/c1-36(2,3)47-35(45)39-23-9-11-30-20(13-23)15-31(46-30)33(43)38-22-8-10-26-19(12-22)14-27(40-26)34(44)41-18-21(17-37)32-25-7-5-4-6-24(25)29(42)16-28(32)41/h4-16,21,40,42H,17-18H2,1-3H3,(H,38,43)(H,39,45)/t21-/m1/s1. The maximum atomic E-state index is 13.8. The van der Waals surface area contributed by atoms with E-state index in [4.69, 9.17) is 20.8 Å².